The van der Waals surface area contributed by atoms with E-state index in [1.54, 1.807) is 7.11 Å². The summed E-state index contributed by atoms with van der Waals surface area (Å²) in [5, 5.41) is 20.2. The van der Waals surface area contributed by atoms with Gasteiger partial charge in [0.15, 0.2) is 0 Å². The fourth-order valence-electron chi connectivity index (χ4n) is 2.41. The van der Waals surface area contributed by atoms with Gasteiger partial charge in [0.05, 0.1) is 11.3 Å². The summed E-state index contributed by atoms with van der Waals surface area (Å²) in [4.78, 5) is 9.00. The molecule has 1 fully saturated rings. The summed E-state index contributed by atoms with van der Waals surface area (Å²) >= 11 is 5.89. The molecule has 0 aliphatic heterocycles. The Bertz CT molecular complexity index is 485. The summed E-state index contributed by atoms with van der Waals surface area (Å²) < 4.78 is 5.72. The second kappa shape index (κ2) is 8.00. The number of methoxy groups -OCH3 is 1. The molecular formula is C15H20ClNO4. The molecule has 0 atom stereocenters. The molecule has 1 saturated carbocycles. The van der Waals surface area contributed by atoms with Crippen LogP contribution in [0.2, 0.25) is 5.02 Å². The predicted octanol–water partition coefficient (Wildman–Crippen LogP) is 3.68. The number of ether oxygens (including phenoxy) is 1. The lowest BCUT2D eigenvalue weighted by Gasteiger charge is -2.36. The number of hydrogen-bond donors (Lipinski definition) is 2. The zero-order chi connectivity index (χ0) is 15.9. The van der Waals surface area contributed by atoms with E-state index in [0.29, 0.717) is 0 Å². The van der Waals surface area contributed by atoms with E-state index in [0.717, 1.165) is 48.9 Å². The number of nitrogens with zero attached hydrogens (tertiary/aromatic N) is 1. The first-order valence-corrected chi connectivity index (χ1v) is 7.02. The molecule has 2 N–H and O–H groups in total. The number of oxime groups is 1. The van der Waals surface area contributed by atoms with E-state index < -0.39 is 5.97 Å². The van der Waals surface area contributed by atoms with Gasteiger partial charge >= 0.3 is 0 Å². The molecule has 1 aliphatic rings. The maximum absolute atomic E-state index is 9.00. The summed E-state index contributed by atoms with van der Waals surface area (Å²) in [5.41, 5.74) is 1.73. The van der Waals surface area contributed by atoms with Gasteiger partial charge < -0.3 is 15.1 Å². The second-order valence-corrected chi connectivity index (χ2v) is 5.33. The van der Waals surface area contributed by atoms with Gasteiger partial charge in [0, 0.05) is 19.1 Å². The SMILES string of the molecule is CC(=O)O.COC1(c2ccc(Cl)cc2)CCC(=NO)CC1. The van der Waals surface area contributed by atoms with E-state index in [2.05, 4.69) is 5.16 Å². The molecule has 1 aromatic carbocycles. The van der Waals surface area contributed by atoms with E-state index in [-0.39, 0.29) is 5.60 Å². The van der Waals surface area contributed by atoms with Crippen LogP contribution in [0.3, 0.4) is 0 Å². The second-order valence-electron chi connectivity index (χ2n) is 4.89. The highest BCUT2D eigenvalue weighted by atomic mass is 35.5. The molecule has 0 radical (unpaired) electrons. The van der Waals surface area contributed by atoms with E-state index in [4.69, 9.17) is 31.4 Å². The van der Waals surface area contributed by atoms with Gasteiger partial charge in [0.1, 0.15) is 0 Å². The minimum Gasteiger partial charge on any atom is -0.481 e. The van der Waals surface area contributed by atoms with Crippen molar-refractivity contribution >= 4 is 23.3 Å². The van der Waals surface area contributed by atoms with Crippen LogP contribution in [0.15, 0.2) is 29.4 Å². The van der Waals surface area contributed by atoms with Gasteiger partial charge in [-0.05, 0) is 43.4 Å². The Morgan fingerprint density at radius 3 is 2.14 bits per heavy atom. The van der Waals surface area contributed by atoms with Crippen LogP contribution in [-0.4, -0.2) is 29.1 Å². The van der Waals surface area contributed by atoms with Gasteiger partial charge in [0.2, 0.25) is 0 Å². The van der Waals surface area contributed by atoms with Crippen LogP contribution in [0.1, 0.15) is 38.2 Å². The number of carboxylic acid groups (broad SMARTS) is 1. The number of carboxylic acids is 1. The molecule has 0 aromatic heterocycles. The summed E-state index contributed by atoms with van der Waals surface area (Å²) in [5.74, 6) is -0.833. The van der Waals surface area contributed by atoms with Crippen molar-refractivity contribution in [3.63, 3.8) is 0 Å². The zero-order valence-electron chi connectivity index (χ0n) is 12.2. The van der Waals surface area contributed by atoms with E-state index >= 15 is 0 Å². The van der Waals surface area contributed by atoms with Crippen molar-refractivity contribution in [1.82, 2.24) is 0 Å². The molecule has 5 nitrogen and oxygen atoms in total. The molecule has 1 aliphatic carbocycles. The maximum Gasteiger partial charge on any atom is 0.300 e. The standard InChI is InChI=1S/C13H16ClNO2.C2H4O2/c1-17-13(8-6-12(15-16)7-9-13)10-2-4-11(14)5-3-10;1-2(3)4/h2-5,16H,6-9H2,1H3;1H3,(H,3,4). The van der Waals surface area contributed by atoms with Crippen LogP contribution in [0.4, 0.5) is 0 Å². The lowest BCUT2D eigenvalue weighted by molar-refractivity contribution is -0.134. The number of aliphatic carboxylic acids is 1. The van der Waals surface area contributed by atoms with Crippen molar-refractivity contribution in [1.29, 1.82) is 0 Å². The van der Waals surface area contributed by atoms with Gasteiger partial charge in [-0.1, -0.05) is 28.9 Å². The third kappa shape index (κ3) is 5.02. The molecule has 116 valence electrons. The van der Waals surface area contributed by atoms with Crippen LogP contribution in [0, 0.1) is 0 Å². The highest BCUT2D eigenvalue weighted by Gasteiger charge is 2.35. The summed E-state index contributed by atoms with van der Waals surface area (Å²) in [6, 6.07) is 7.78. The Hall–Kier alpha value is -1.59. The average Bonchev–Trinajstić information content (AvgIpc) is 2.47. The molecule has 0 heterocycles. The summed E-state index contributed by atoms with van der Waals surface area (Å²) in [6.07, 6.45) is 3.22. The predicted molar refractivity (Wildman–Crippen MR) is 81.1 cm³/mol. The molecule has 0 unspecified atom stereocenters. The first-order valence-electron chi connectivity index (χ1n) is 6.64. The van der Waals surface area contributed by atoms with Crippen molar-refractivity contribution in [2.45, 2.75) is 38.2 Å². The molecule has 2 rings (SSSR count). The monoisotopic (exact) mass is 313 g/mol. The largest absolute Gasteiger partial charge is 0.481 e. The molecule has 0 saturated heterocycles. The van der Waals surface area contributed by atoms with Crippen molar-refractivity contribution in [3.05, 3.63) is 34.9 Å². The highest BCUT2D eigenvalue weighted by Crippen LogP contribution is 2.39. The minimum atomic E-state index is -0.833. The summed E-state index contributed by atoms with van der Waals surface area (Å²) in [6.45, 7) is 1.08. The fourth-order valence-corrected chi connectivity index (χ4v) is 2.53. The van der Waals surface area contributed by atoms with E-state index in [1.807, 2.05) is 24.3 Å². The number of hydrogen-bond acceptors (Lipinski definition) is 4. The quantitative estimate of drug-likeness (QED) is 0.645. The normalized spacial score (nSPS) is 21.2. The van der Waals surface area contributed by atoms with Gasteiger partial charge in [-0.15, -0.1) is 0 Å². The Morgan fingerprint density at radius 2 is 1.76 bits per heavy atom. The number of carbonyl (C=O) groups is 1. The molecule has 0 spiro atoms. The minimum absolute atomic E-state index is 0.265. The molecule has 0 amide bonds. The first-order chi connectivity index (χ1) is 9.93. The van der Waals surface area contributed by atoms with Crippen LogP contribution in [0.5, 0.6) is 0 Å². The molecule has 0 bridgehead atoms. The van der Waals surface area contributed by atoms with Crippen molar-refractivity contribution in [2.75, 3.05) is 7.11 Å². The molecule has 21 heavy (non-hydrogen) atoms. The highest BCUT2D eigenvalue weighted by molar-refractivity contribution is 6.30. The van der Waals surface area contributed by atoms with Gasteiger partial charge in [-0.2, -0.15) is 0 Å². The average molecular weight is 314 g/mol. The Balaban J connectivity index is 0.000000491. The Kier molecular flexibility index (Phi) is 6.65. The number of benzene rings is 1. The molecule has 6 heteroatoms. The molecular weight excluding hydrogens is 294 g/mol. The van der Waals surface area contributed by atoms with Gasteiger partial charge in [-0.3, -0.25) is 4.79 Å². The topological polar surface area (TPSA) is 79.1 Å². The zero-order valence-corrected chi connectivity index (χ0v) is 12.9. The maximum atomic E-state index is 9.00. The first kappa shape index (κ1) is 17.5. The van der Waals surface area contributed by atoms with Crippen LogP contribution < -0.4 is 0 Å². The van der Waals surface area contributed by atoms with Crippen LogP contribution >= 0.6 is 11.6 Å². The van der Waals surface area contributed by atoms with Crippen molar-refractivity contribution < 1.29 is 19.8 Å². The fraction of sp³-hybridized carbons (Fsp3) is 0.467. The Labute approximate surface area is 129 Å². The van der Waals surface area contributed by atoms with Crippen LogP contribution in [-0.2, 0) is 15.1 Å². The Morgan fingerprint density at radius 1 is 1.29 bits per heavy atom. The third-order valence-corrected chi connectivity index (χ3v) is 3.79. The van der Waals surface area contributed by atoms with E-state index in [1.165, 1.54) is 0 Å². The number of rotatable bonds is 2. The molecule has 1 aromatic rings. The van der Waals surface area contributed by atoms with E-state index in [9.17, 15) is 0 Å². The lowest BCUT2D eigenvalue weighted by atomic mass is 9.78. The van der Waals surface area contributed by atoms with Crippen molar-refractivity contribution in [3.8, 4) is 0 Å². The van der Waals surface area contributed by atoms with Crippen molar-refractivity contribution in [2.24, 2.45) is 5.16 Å². The lowest BCUT2D eigenvalue weighted by Crippen LogP contribution is -2.33. The van der Waals surface area contributed by atoms with Gasteiger partial charge in [-0.25, -0.2) is 0 Å². The van der Waals surface area contributed by atoms with Crippen LogP contribution in [0.25, 0.3) is 0 Å². The smallest absolute Gasteiger partial charge is 0.300 e. The number of halogens is 1. The summed E-state index contributed by atoms with van der Waals surface area (Å²) in [7, 11) is 1.73. The third-order valence-electron chi connectivity index (χ3n) is 3.54. The van der Waals surface area contributed by atoms with Gasteiger partial charge in [0.25, 0.3) is 5.97 Å².